The van der Waals surface area contributed by atoms with Crippen LogP contribution in [-0.2, 0) is 6.42 Å². The lowest BCUT2D eigenvalue weighted by molar-refractivity contribution is 0.465. The first-order chi connectivity index (χ1) is 8.88. The molecule has 0 saturated heterocycles. The first-order valence-corrected chi connectivity index (χ1v) is 6.68. The maximum Gasteiger partial charge on any atom is 0.0114 e. The van der Waals surface area contributed by atoms with Crippen LogP contribution in [0.25, 0.3) is 0 Å². The minimum absolute atomic E-state index is 0.536. The van der Waals surface area contributed by atoms with E-state index in [1.54, 1.807) is 0 Å². The molecule has 2 aromatic rings. The molecule has 0 unspecified atom stereocenters. The molecule has 1 aliphatic rings. The highest BCUT2D eigenvalue weighted by atomic mass is 14.9. The minimum atomic E-state index is 0.536. The Hall–Kier alpha value is -1.60. The SMILES string of the molecule is CN[C@H]1Cc2ccccc2[C@H](c2ccccc2)C1. The lowest BCUT2D eigenvalue weighted by Crippen LogP contribution is -2.33. The highest BCUT2D eigenvalue weighted by molar-refractivity contribution is 5.40. The van der Waals surface area contributed by atoms with Crippen molar-refractivity contribution in [2.75, 3.05) is 7.05 Å². The van der Waals surface area contributed by atoms with Crippen molar-refractivity contribution < 1.29 is 0 Å². The molecule has 2 atom stereocenters. The number of nitrogens with one attached hydrogen (secondary N) is 1. The van der Waals surface area contributed by atoms with Crippen LogP contribution in [0.3, 0.4) is 0 Å². The molecule has 18 heavy (non-hydrogen) atoms. The van der Waals surface area contributed by atoms with Crippen molar-refractivity contribution in [3.8, 4) is 0 Å². The molecule has 1 heteroatoms. The third-order valence-corrected chi connectivity index (χ3v) is 4.03. The van der Waals surface area contributed by atoms with Crippen molar-refractivity contribution in [1.82, 2.24) is 5.32 Å². The Bertz CT molecular complexity index is 518. The Morgan fingerprint density at radius 1 is 0.944 bits per heavy atom. The average Bonchev–Trinajstić information content (AvgIpc) is 2.47. The zero-order valence-corrected chi connectivity index (χ0v) is 10.8. The van der Waals surface area contributed by atoms with Gasteiger partial charge in [0.05, 0.1) is 0 Å². The zero-order valence-electron chi connectivity index (χ0n) is 10.8. The Morgan fingerprint density at radius 3 is 2.44 bits per heavy atom. The van der Waals surface area contributed by atoms with E-state index in [9.17, 15) is 0 Å². The molecule has 0 heterocycles. The van der Waals surface area contributed by atoms with Crippen molar-refractivity contribution in [2.45, 2.75) is 24.8 Å². The maximum atomic E-state index is 3.44. The van der Waals surface area contributed by atoms with Gasteiger partial charge in [0, 0.05) is 12.0 Å². The number of likely N-dealkylation sites (N-methyl/N-ethyl adjacent to an activating group) is 1. The Kier molecular flexibility index (Phi) is 3.16. The minimum Gasteiger partial charge on any atom is -0.317 e. The van der Waals surface area contributed by atoms with Crippen LogP contribution in [0.5, 0.6) is 0 Å². The topological polar surface area (TPSA) is 12.0 Å². The van der Waals surface area contributed by atoms with Crippen molar-refractivity contribution in [1.29, 1.82) is 0 Å². The van der Waals surface area contributed by atoms with Crippen molar-refractivity contribution in [3.05, 3.63) is 71.3 Å². The third-order valence-electron chi connectivity index (χ3n) is 4.03. The monoisotopic (exact) mass is 237 g/mol. The summed E-state index contributed by atoms with van der Waals surface area (Å²) in [6.45, 7) is 0. The second-order valence-corrected chi connectivity index (χ2v) is 5.09. The fourth-order valence-electron chi connectivity index (χ4n) is 3.04. The van der Waals surface area contributed by atoms with E-state index in [0.29, 0.717) is 12.0 Å². The summed E-state index contributed by atoms with van der Waals surface area (Å²) in [5, 5.41) is 3.44. The summed E-state index contributed by atoms with van der Waals surface area (Å²) >= 11 is 0. The van der Waals surface area contributed by atoms with Crippen LogP contribution in [-0.4, -0.2) is 13.1 Å². The van der Waals surface area contributed by atoms with Crippen molar-refractivity contribution >= 4 is 0 Å². The predicted octanol–water partition coefficient (Wildman–Crippen LogP) is 3.35. The summed E-state index contributed by atoms with van der Waals surface area (Å²) in [6, 6.07) is 20.3. The van der Waals surface area contributed by atoms with Gasteiger partial charge < -0.3 is 5.32 Å². The van der Waals surface area contributed by atoms with E-state index in [2.05, 4.69) is 67.0 Å². The zero-order chi connectivity index (χ0) is 12.4. The molecule has 1 N–H and O–H groups in total. The van der Waals surface area contributed by atoms with E-state index in [1.807, 2.05) is 0 Å². The Labute approximate surface area is 109 Å². The first kappa shape index (κ1) is 11.5. The normalized spacial score (nSPS) is 22.5. The van der Waals surface area contributed by atoms with Crippen LogP contribution in [0.4, 0.5) is 0 Å². The molecule has 0 aromatic heterocycles. The van der Waals surface area contributed by atoms with E-state index in [1.165, 1.54) is 23.1 Å². The molecular formula is C17H19N. The predicted molar refractivity (Wildman–Crippen MR) is 75.9 cm³/mol. The summed E-state index contributed by atoms with van der Waals surface area (Å²) in [4.78, 5) is 0. The Morgan fingerprint density at radius 2 is 1.67 bits per heavy atom. The number of fused-ring (bicyclic) bond motifs is 1. The van der Waals surface area contributed by atoms with Crippen LogP contribution in [0.15, 0.2) is 54.6 Å². The molecule has 3 rings (SSSR count). The Balaban J connectivity index is 2.04. The molecule has 92 valence electrons. The van der Waals surface area contributed by atoms with Gasteiger partial charge in [-0.1, -0.05) is 54.6 Å². The average molecular weight is 237 g/mol. The van der Waals surface area contributed by atoms with E-state index < -0.39 is 0 Å². The van der Waals surface area contributed by atoms with E-state index in [-0.39, 0.29) is 0 Å². The van der Waals surface area contributed by atoms with Gasteiger partial charge in [0.2, 0.25) is 0 Å². The van der Waals surface area contributed by atoms with Gasteiger partial charge in [-0.3, -0.25) is 0 Å². The number of rotatable bonds is 2. The highest BCUT2D eigenvalue weighted by Crippen LogP contribution is 2.36. The van der Waals surface area contributed by atoms with E-state index in [4.69, 9.17) is 0 Å². The molecule has 1 aliphatic carbocycles. The standard InChI is InChI=1S/C17H19N/c1-18-15-11-14-9-5-6-10-16(14)17(12-15)13-7-3-2-4-8-13/h2-10,15,17-18H,11-12H2,1H3/t15-,17-/m0/s1. The summed E-state index contributed by atoms with van der Waals surface area (Å²) in [6.07, 6.45) is 2.34. The molecule has 0 fully saturated rings. The lowest BCUT2D eigenvalue weighted by Gasteiger charge is -2.31. The second-order valence-electron chi connectivity index (χ2n) is 5.09. The molecule has 0 amide bonds. The van der Waals surface area contributed by atoms with Gasteiger partial charge in [-0.05, 0) is 36.6 Å². The molecule has 0 spiro atoms. The summed E-state index contributed by atoms with van der Waals surface area (Å²) in [7, 11) is 2.07. The van der Waals surface area contributed by atoms with E-state index >= 15 is 0 Å². The molecular weight excluding hydrogens is 218 g/mol. The molecule has 0 aliphatic heterocycles. The van der Waals surface area contributed by atoms with Gasteiger partial charge in [0.15, 0.2) is 0 Å². The van der Waals surface area contributed by atoms with Crippen molar-refractivity contribution in [3.63, 3.8) is 0 Å². The quantitative estimate of drug-likeness (QED) is 0.844. The van der Waals surface area contributed by atoms with Crippen molar-refractivity contribution in [2.24, 2.45) is 0 Å². The van der Waals surface area contributed by atoms with E-state index in [0.717, 1.165) is 6.42 Å². The second kappa shape index (κ2) is 4.95. The van der Waals surface area contributed by atoms with Crippen LogP contribution < -0.4 is 5.32 Å². The van der Waals surface area contributed by atoms with Crippen LogP contribution in [0.2, 0.25) is 0 Å². The summed E-state index contributed by atoms with van der Waals surface area (Å²) in [5.41, 5.74) is 4.44. The molecule has 0 saturated carbocycles. The fraction of sp³-hybridized carbons (Fsp3) is 0.294. The van der Waals surface area contributed by atoms with Crippen LogP contribution in [0, 0.1) is 0 Å². The molecule has 0 bridgehead atoms. The van der Waals surface area contributed by atoms with Gasteiger partial charge in [0.25, 0.3) is 0 Å². The maximum absolute atomic E-state index is 3.44. The van der Waals surface area contributed by atoms with Gasteiger partial charge >= 0.3 is 0 Å². The summed E-state index contributed by atoms with van der Waals surface area (Å²) < 4.78 is 0. The largest absolute Gasteiger partial charge is 0.317 e. The van der Waals surface area contributed by atoms with Gasteiger partial charge in [-0.15, -0.1) is 0 Å². The van der Waals surface area contributed by atoms with Gasteiger partial charge in [-0.2, -0.15) is 0 Å². The number of hydrogen-bond acceptors (Lipinski definition) is 1. The fourth-order valence-corrected chi connectivity index (χ4v) is 3.04. The molecule has 2 aromatic carbocycles. The third kappa shape index (κ3) is 2.06. The van der Waals surface area contributed by atoms with Gasteiger partial charge in [0.1, 0.15) is 0 Å². The van der Waals surface area contributed by atoms with Gasteiger partial charge in [-0.25, -0.2) is 0 Å². The molecule has 0 radical (unpaired) electrons. The van der Waals surface area contributed by atoms with Crippen LogP contribution >= 0.6 is 0 Å². The van der Waals surface area contributed by atoms with Crippen LogP contribution in [0.1, 0.15) is 29.0 Å². The smallest absolute Gasteiger partial charge is 0.0114 e. The number of hydrogen-bond donors (Lipinski definition) is 1. The number of benzene rings is 2. The first-order valence-electron chi connectivity index (χ1n) is 6.68. The molecule has 1 nitrogen and oxygen atoms in total. The lowest BCUT2D eigenvalue weighted by atomic mass is 9.77. The summed E-state index contributed by atoms with van der Waals surface area (Å²) in [5.74, 6) is 0.536. The highest BCUT2D eigenvalue weighted by Gasteiger charge is 2.26.